The summed E-state index contributed by atoms with van der Waals surface area (Å²) in [5, 5.41) is 13.2. The van der Waals surface area contributed by atoms with Crippen molar-refractivity contribution in [3.8, 4) is 11.5 Å². The predicted octanol–water partition coefficient (Wildman–Crippen LogP) is 4.81. The largest absolute Gasteiger partial charge is 0.481 e. The second kappa shape index (κ2) is 6.77. The molecule has 164 valence electrons. The van der Waals surface area contributed by atoms with Crippen LogP contribution >= 0.6 is 0 Å². The van der Waals surface area contributed by atoms with Gasteiger partial charge in [0.05, 0.1) is 11.8 Å². The van der Waals surface area contributed by atoms with Crippen LogP contribution in [0, 0.1) is 0 Å². The molecule has 0 spiro atoms. The van der Waals surface area contributed by atoms with Gasteiger partial charge in [0.25, 0.3) is 0 Å². The van der Waals surface area contributed by atoms with E-state index >= 15 is 0 Å². The van der Waals surface area contributed by atoms with Crippen LogP contribution in [0.1, 0.15) is 47.2 Å². The molecule has 0 saturated heterocycles. The van der Waals surface area contributed by atoms with E-state index < -0.39 is 16.8 Å². The van der Waals surface area contributed by atoms with E-state index in [9.17, 15) is 14.7 Å². The summed E-state index contributed by atoms with van der Waals surface area (Å²) in [4.78, 5) is 27.7. The number of carbonyl (C=O) groups is 2. The lowest BCUT2D eigenvalue weighted by Crippen LogP contribution is -2.27. The van der Waals surface area contributed by atoms with Crippen LogP contribution in [0.3, 0.4) is 0 Å². The van der Waals surface area contributed by atoms with Gasteiger partial charge in [-0.05, 0) is 54.8 Å². The first-order chi connectivity index (χ1) is 14.8. The highest BCUT2D eigenvalue weighted by atomic mass is 16.7. The normalized spacial score (nSPS) is 16.3. The number of fused-ring (bicyclic) bond motifs is 2. The van der Waals surface area contributed by atoms with Crippen molar-refractivity contribution in [1.82, 2.24) is 4.98 Å². The van der Waals surface area contributed by atoms with Gasteiger partial charge < -0.3 is 24.9 Å². The van der Waals surface area contributed by atoms with Crippen molar-refractivity contribution < 1.29 is 27.0 Å². The first-order valence-corrected chi connectivity index (χ1v) is 10.3. The molecule has 3 aromatic rings. The fraction of sp³-hybridized carbons (Fsp3) is 0.333. The van der Waals surface area contributed by atoms with Crippen molar-refractivity contribution >= 4 is 28.5 Å². The first-order valence-electron chi connectivity index (χ1n) is 10.3. The molecule has 0 unspecified atom stereocenters. The van der Waals surface area contributed by atoms with E-state index in [1.807, 2.05) is 56.3 Å². The molecule has 0 bridgehead atoms. The number of amides is 1. The van der Waals surface area contributed by atoms with Gasteiger partial charge >= 0.3 is 5.97 Å². The molecule has 31 heavy (non-hydrogen) atoms. The molecule has 2 heterocycles. The second-order valence-corrected chi connectivity index (χ2v) is 9.04. The Morgan fingerprint density at radius 1 is 1.13 bits per heavy atom. The molecule has 2 aromatic carbocycles. The van der Waals surface area contributed by atoms with E-state index in [4.69, 9.17) is 9.47 Å². The number of carbonyl (C=O) groups excluding carboxylic acids is 1. The number of aliphatic carboxylic acids is 1. The van der Waals surface area contributed by atoms with Crippen LogP contribution in [0.2, 0.25) is 0 Å². The summed E-state index contributed by atoms with van der Waals surface area (Å²) in [7, 11) is 0. The number of anilines is 1. The molecule has 7 heteroatoms. The van der Waals surface area contributed by atoms with E-state index in [1.165, 1.54) is 0 Å². The van der Waals surface area contributed by atoms with Crippen molar-refractivity contribution in [2.45, 2.75) is 43.9 Å². The molecule has 1 saturated carbocycles. The van der Waals surface area contributed by atoms with Crippen LogP contribution in [-0.2, 0) is 20.4 Å². The first kappa shape index (κ1) is 19.5. The number of rotatable bonds is 6. The summed E-state index contributed by atoms with van der Waals surface area (Å²) in [6.45, 7) is 4.01. The summed E-state index contributed by atoms with van der Waals surface area (Å²) >= 11 is 0. The SMILES string of the molecule is CC(C)(CC(=O)O)c1cc2cc(NC(=O)C3(c4ccc5c(c4)OCO5)CC3)ccc2[nH]1.[HH].[HH]. The van der Waals surface area contributed by atoms with Crippen LogP contribution in [0.4, 0.5) is 5.69 Å². The number of hydrogen-bond donors (Lipinski definition) is 3. The molecule has 1 aliphatic heterocycles. The maximum Gasteiger partial charge on any atom is 0.304 e. The van der Waals surface area contributed by atoms with Crippen LogP contribution in [0.25, 0.3) is 10.9 Å². The van der Waals surface area contributed by atoms with Crippen LogP contribution in [0.15, 0.2) is 42.5 Å². The number of benzene rings is 2. The number of aromatic nitrogens is 1. The smallest absolute Gasteiger partial charge is 0.304 e. The molecule has 1 fully saturated rings. The minimum absolute atomic E-state index is 0. The Bertz CT molecular complexity index is 1220. The number of carboxylic acid groups (broad SMARTS) is 1. The number of carboxylic acids is 1. The highest BCUT2D eigenvalue weighted by Crippen LogP contribution is 2.51. The molecule has 0 atom stereocenters. The molecular formula is C24H28N2O5. The lowest BCUT2D eigenvalue weighted by atomic mass is 9.86. The predicted molar refractivity (Wildman–Crippen MR) is 120 cm³/mol. The fourth-order valence-corrected chi connectivity index (χ4v) is 4.27. The molecule has 7 nitrogen and oxygen atoms in total. The van der Waals surface area contributed by atoms with E-state index in [2.05, 4.69) is 10.3 Å². The number of nitrogens with one attached hydrogen (secondary N) is 2. The van der Waals surface area contributed by atoms with Crippen LogP contribution in [0.5, 0.6) is 11.5 Å². The standard InChI is InChI=1S/C24H24N2O5.2H2/c1-23(2,12-21(27)28)20-10-14-9-16(4-5-17(14)26-20)25-22(29)24(7-8-24)15-3-6-18-19(11-15)31-13-30-18;;/h3-6,9-11,26H,7-8,12-13H2,1-2H3,(H,25,29)(H,27,28);2*1H. The summed E-state index contributed by atoms with van der Waals surface area (Å²) < 4.78 is 10.8. The summed E-state index contributed by atoms with van der Waals surface area (Å²) in [5.74, 6) is 0.517. The molecule has 0 radical (unpaired) electrons. The molecule has 3 N–H and O–H groups in total. The minimum atomic E-state index is -0.838. The van der Waals surface area contributed by atoms with Crippen LogP contribution in [-0.4, -0.2) is 28.8 Å². The third-order valence-corrected chi connectivity index (χ3v) is 6.31. The average Bonchev–Trinajstić information content (AvgIpc) is 3.19. The third-order valence-electron chi connectivity index (χ3n) is 6.31. The Hall–Kier alpha value is -3.48. The van der Waals surface area contributed by atoms with Gasteiger partial charge in [-0.2, -0.15) is 0 Å². The topological polar surface area (TPSA) is 101 Å². The quantitative estimate of drug-likeness (QED) is 0.527. The summed E-state index contributed by atoms with van der Waals surface area (Å²) in [6, 6.07) is 13.3. The molecule has 2 aliphatic rings. The average molecular weight is 424 g/mol. The highest BCUT2D eigenvalue weighted by molar-refractivity contribution is 6.02. The maximum atomic E-state index is 13.2. The van der Waals surface area contributed by atoms with E-state index in [0.717, 1.165) is 35.0 Å². The van der Waals surface area contributed by atoms with E-state index in [1.54, 1.807) is 0 Å². The second-order valence-electron chi connectivity index (χ2n) is 9.04. The van der Waals surface area contributed by atoms with Gasteiger partial charge in [0.1, 0.15) is 0 Å². The van der Waals surface area contributed by atoms with E-state index in [0.29, 0.717) is 17.2 Å². The molecule has 1 aromatic heterocycles. The molecule has 1 amide bonds. The van der Waals surface area contributed by atoms with Crippen molar-refractivity contribution in [3.05, 3.63) is 53.7 Å². The Labute approximate surface area is 182 Å². The molecule has 5 rings (SSSR count). The number of ether oxygens (including phenoxy) is 2. The van der Waals surface area contributed by atoms with Crippen LogP contribution < -0.4 is 14.8 Å². The molecular weight excluding hydrogens is 396 g/mol. The van der Waals surface area contributed by atoms with Gasteiger partial charge in [0.15, 0.2) is 11.5 Å². The number of H-pyrrole nitrogens is 1. The number of hydrogen-bond acceptors (Lipinski definition) is 4. The van der Waals surface area contributed by atoms with Gasteiger partial charge in [-0.25, -0.2) is 0 Å². The zero-order valence-electron chi connectivity index (χ0n) is 17.5. The minimum Gasteiger partial charge on any atom is -0.481 e. The fourth-order valence-electron chi connectivity index (χ4n) is 4.27. The Morgan fingerprint density at radius 3 is 2.65 bits per heavy atom. The van der Waals surface area contributed by atoms with E-state index in [-0.39, 0.29) is 22.0 Å². The Kier molecular flexibility index (Phi) is 4.25. The van der Waals surface area contributed by atoms with Gasteiger partial charge in [0, 0.05) is 30.6 Å². The maximum absolute atomic E-state index is 13.2. The third kappa shape index (κ3) is 3.40. The van der Waals surface area contributed by atoms with Gasteiger partial charge in [-0.3, -0.25) is 9.59 Å². The lowest BCUT2D eigenvalue weighted by molar-refractivity contribution is -0.138. The summed E-state index contributed by atoms with van der Waals surface area (Å²) in [6.07, 6.45) is 1.61. The van der Waals surface area contributed by atoms with Crippen molar-refractivity contribution in [3.63, 3.8) is 0 Å². The zero-order chi connectivity index (χ0) is 21.8. The monoisotopic (exact) mass is 424 g/mol. The Morgan fingerprint density at radius 2 is 1.90 bits per heavy atom. The highest BCUT2D eigenvalue weighted by Gasteiger charge is 2.51. The zero-order valence-corrected chi connectivity index (χ0v) is 17.5. The summed E-state index contributed by atoms with van der Waals surface area (Å²) in [5.41, 5.74) is 2.35. The lowest BCUT2D eigenvalue weighted by Gasteiger charge is -2.20. The van der Waals surface area contributed by atoms with Crippen molar-refractivity contribution in [1.29, 1.82) is 0 Å². The van der Waals surface area contributed by atoms with Crippen molar-refractivity contribution in [2.75, 3.05) is 12.1 Å². The van der Waals surface area contributed by atoms with Gasteiger partial charge in [-0.15, -0.1) is 0 Å². The Balaban J connectivity index is 0.00000153. The van der Waals surface area contributed by atoms with Gasteiger partial charge in [-0.1, -0.05) is 19.9 Å². The molecule has 1 aliphatic carbocycles. The van der Waals surface area contributed by atoms with Crippen molar-refractivity contribution in [2.24, 2.45) is 0 Å². The van der Waals surface area contributed by atoms with Gasteiger partial charge in [0.2, 0.25) is 12.7 Å². The number of aromatic amines is 1.